The van der Waals surface area contributed by atoms with Crippen LogP contribution in [0.15, 0.2) is 94.4 Å². The van der Waals surface area contributed by atoms with Crippen LogP contribution in [0.25, 0.3) is 0 Å². The normalized spacial score (nSPS) is 17.9. The van der Waals surface area contributed by atoms with E-state index in [0.29, 0.717) is 11.4 Å². The van der Waals surface area contributed by atoms with Crippen LogP contribution in [0.5, 0.6) is 0 Å². The highest BCUT2D eigenvalue weighted by molar-refractivity contribution is 7.99. The van der Waals surface area contributed by atoms with E-state index < -0.39 is 21.7 Å². The molecule has 2 amide bonds. The van der Waals surface area contributed by atoms with Crippen molar-refractivity contribution in [3.63, 3.8) is 0 Å². The third-order valence-electron chi connectivity index (χ3n) is 5.16. The van der Waals surface area contributed by atoms with Crippen LogP contribution in [0.2, 0.25) is 0 Å². The first-order chi connectivity index (χ1) is 15.2. The fourth-order valence-corrected chi connectivity index (χ4v) is 5.07. The Labute approximate surface area is 191 Å². The predicted octanol–water partition coefficient (Wildman–Crippen LogP) is 3.12. The minimum atomic E-state index is -4.02. The smallest absolute Gasteiger partial charge is 0.265 e. The molecule has 1 saturated heterocycles. The third kappa shape index (κ3) is 3.55. The number of carbonyl (C=O) groups excluding carboxylic acids is 2. The van der Waals surface area contributed by atoms with E-state index in [9.17, 15) is 18.0 Å². The lowest BCUT2D eigenvalue weighted by molar-refractivity contribution is -0.132. The lowest BCUT2D eigenvalue weighted by atomic mass is 10.1. The van der Waals surface area contributed by atoms with Gasteiger partial charge in [-0.05, 0) is 54.7 Å². The topological polar surface area (TPSA) is 78.0 Å². The Bertz CT molecular complexity index is 1250. The van der Waals surface area contributed by atoms with Crippen molar-refractivity contribution in [3.8, 4) is 0 Å². The van der Waals surface area contributed by atoms with Gasteiger partial charge in [-0.1, -0.05) is 36.4 Å². The fraction of sp³-hybridized carbons (Fsp3) is 0.0870. The van der Waals surface area contributed by atoms with Gasteiger partial charge in [-0.3, -0.25) is 19.4 Å². The van der Waals surface area contributed by atoms with E-state index in [-0.39, 0.29) is 20.6 Å². The summed E-state index contributed by atoms with van der Waals surface area (Å²) in [6.45, 7) is 0. The second-order valence-electron chi connectivity index (χ2n) is 7.15. The van der Waals surface area contributed by atoms with Gasteiger partial charge in [0.1, 0.15) is 10.6 Å². The van der Waals surface area contributed by atoms with Crippen LogP contribution in [0.3, 0.4) is 0 Å². The zero-order valence-electron chi connectivity index (χ0n) is 17.3. The number of carbonyl (C=O) groups is 2. The number of benzene rings is 2. The van der Waals surface area contributed by atoms with Crippen molar-refractivity contribution < 1.29 is 18.0 Å². The molecular formula is C23H19N3O4S2. The molecule has 2 aliphatic rings. The number of hydrogen-bond acceptors (Lipinski definition) is 6. The van der Waals surface area contributed by atoms with Crippen LogP contribution in [0.4, 0.5) is 11.4 Å². The van der Waals surface area contributed by atoms with Crippen molar-refractivity contribution in [2.75, 3.05) is 19.0 Å². The lowest BCUT2D eigenvalue weighted by Crippen LogP contribution is -2.52. The maximum Gasteiger partial charge on any atom is 0.265 e. The number of rotatable bonds is 4. The molecule has 7 nitrogen and oxygen atoms in total. The van der Waals surface area contributed by atoms with Crippen LogP contribution in [-0.2, 0) is 19.4 Å². The number of allylic oxidation sites excluding steroid dienone is 3. The summed E-state index contributed by atoms with van der Waals surface area (Å²) in [5.41, 5.74) is 1.05. The first-order valence-electron chi connectivity index (χ1n) is 9.62. The molecule has 2 heterocycles. The largest absolute Gasteiger partial charge is 0.301 e. The molecule has 0 unspecified atom stereocenters. The summed E-state index contributed by atoms with van der Waals surface area (Å²) < 4.78 is 27.0. The first kappa shape index (κ1) is 21.7. The van der Waals surface area contributed by atoms with Crippen LogP contribution >= 0.6 is 12.2 Å². The Morgan fingerprint density at radius 1 is 0.812 bits per heavy atom. The summed E-state index contributed by atoms with van der Waals surface area (Å²) in [6, 6.07) is 18.2. The van der Waals surface area contributed by atoms with E-state index in [4.69, 9.17) is 12.2 Å². The number of hydrogen-bond donors (Lipinski definition) is 0. The molecule has 0 spiro atoms. The van der Waals surface area contributed by atoms with Gasteiger partial charge in [0.2, 0.25) is 9.84 Å². The molecule has 0 N–H and O–H groups in total. The van der Waals surface area contributed by atoms with Crippen molar-refractivity contribution in [2.45, 2.75) is 0 Å². The number of para-hydroxylation sites is 2. The highest BCUT2D eigenvalue weighted by Gasteiger charge is 2.38. The zero-order valence-corrected chi connectivity index (χ0v) is 18.9. The van der Waals surface area contributed by atoms with E-state index in [1.54, 1.807) is 29.2 Å². The van der Waals surface area contributed by atoms with Crippen LogP contribution in [0, 0.1) is 0 Å². The van der Waals surface area contributed by atoms with Crippen molar-refractivity contribution in [2.24, 2.45) is 0 Å². The maximum absolute atomic E-state index is 13.5. The average Bonchev–Trinajstić information content (AvgIpc) is 3.09. The highest BCUT2D eigenvalue weighted by Crippen LogP contribution is 2.37. The second-order valence-corrected chi connectivity index (χ2v) is 9.41. The molecular weight excluding hydrogens is 446 g/mol. The summed E-state index contributed by atoms with van der Waals surface area (Å²) >= 11 is 5.08. The minimum absolute atomic E-state index is 0.0229. The van der Waals surface area contributed by atoms with E-state index >= 15 is 0 Å². The van der Waals surface area contributed by atoms with E-state index in [2.05, 4.69) is 0 Å². The monoisotopic (exact) mass is 465 g/mol. The molecule has 1 fully saturated rings. The van der Waals surface area contributed by atoms with Crippen molar-refractivity contribution in [1.82, 2.24) is 9.80 Å². The minimum Gasteiger partial charge on any atom is -0.301 e. The second kappa shape index (κ2) is 8.18. The molecule has 0 aliphatic carbocycles. The Morgan fingerprint density at radius 2 is 1.28 bits per heavy atom. The van der Waals surface area contributed by atoms with Crippen molar-refractivity contribution >= 4 is 50.4 Å². The molecule has 32 heavy (non-hydrogen) atoms. The van der Waals surface area contributed by atoms with Crippen LogP contribution in [0.1, 0.15) is 0 Å². The molecule has 0 saturated carbocycles. The quantitative estimate of drug-likeness (QED) is 0.392. The zero-order chi connectivity index (χ0) is 23.0. The van der Waals surface area contributed by atoms with E-state index in [1.165, 1.54) is 26.2 Å². The third-order valence-corrected chi connectivity index (χ3v) is 7.45. The van der Waals surface area contributed by atoms with Gasteiger partial charge in [0, 0.05) is 25.5 Å². The van der Waals surface area contributed by atoms with Gasteiger partial charge in [0.05, 0.1) is 4.91 Å². The standard InChI is InChI=1S/C23H19N3O4S2/c1-24-21(27)19(22(28)25(2)23(24)31)15-18-13-14-20(32(18,29)30)26(16-9-5-3-6-10-16)17-11-7-4-8-12-17/h3-15H,1-2H3. The number of nitrogens with zero attached hydrogens (tertiary/aromatic N) is 3. The van der Waals surface area contributed by atoms with E-state index in [0.717, 1.165) is 15.9 Å². The summed E-state index contributed by atoms with van der Waals surface area (Å²) in [7, 11) is -1.14. The van der Waals surface area contributed by atoms with Crippen molar-refractivity contribution in [1.29, 1.82) is 0 Å². The average molecular weight is 466 g/mol. The Hall–Kier alpha value is -3.56. The van der Waals surface area contributed by atoms with Crippen LogP contribution in [-0.4, -0.2) is 49.2 Å². The summed E-state index contributed by atoms with van der Waals surface area (Å²) in [5, 5.41) is 0.0771. The molecule has 162 valence electrons. The van der Waals surface area contributed by atoms with E-state index in [1.807, 2.05) is 36.4 Å². The molecule has 0 atom stereocenters. The van der Waals surface area contributed by atoms with Crippen LogP contribution < -0.4 is 4.90 Å². The number of thiocarbonyl (C=S) groups is 1. The fourth-order valence-electron chi connectivity index (χ4n) is 3.45. The van der Waals surface area contributed by atoms with Crippen molar-refractivity contribution in [3.05, 3.63) is 94.4 Å². The Balaban J connectivity index is 1.76. The molecule has 0 bridgehead atoms. The Morgan fingerprint density at radius 3 is 1.75 bits per heavy atom. The summed E-state index contributed by atoms with van der Waals surface area (Å²) in [6.07, 6.45) is 3.98. The number of amides is 2. The SMILES string of the molecule is CN1C(=O)C(=CC2=CC=C(N(c3ccccc3)c3ccccc3)S2(=O)=O)C(=O)N(C)C1=S. The van der Waals surface area contributed by atoms with Gasteiger partial charge >= 0.3 is 0 Å². The molecule has 4 rings (SSSR count). The van der Waals surface area contributed by atoms with Gasteiger partial charge < -0.3 is 4.90 Å². The molecule has 0 radical (unpaired) electrons. The van der Waals surface area contributed by atoms with Gasteiger partial charge in [-0.2, -0.15) is 0 Å². The predicted molar refractivity (Wildman–Crippen MR) is 126 cm³/mol. The maximum atomic E-state index is 13.5. The molecule has 9 heteroatoms. The lowest BCUT2D eigenvalue weighted by Gasteiger charge is -2.31. The van der Waals surface area contributed by atoms with Gasteiger partial charge in [0.15, 0.2) is 5.11 Å². The van der Waals surface area contributed by atoms with Gasteiger partial charge in [0.25, 0.3) is 11.8 Å². The highest BCUT2D eigenvalue weighted by atomic mass is 32.2. The summed E-state index contributed by atoms with van der Waals surface area (Å²) in [4.78, 5) is 29.0. The molecule has 2 aromatic carbocycles. The molecule has 2 aromatic rings. The first-order valence-corrected chi connectivity index (χ1v) is 11.5. The molecule has 2 aliphatic heterocycles. The number of likely N-dealkylation sites (N-methyl/N-ethyl adjacent to an activating group) is 2. The Kier molecular flexibility index (Phi) is 5.53. The summed E-state index contributed by atoms with van der Waals surface area (Å²) in [5.74, 6) is -1.30. The van der Waals surface area contributed by atoms with Gasteiger partial charge in [-0.25, -0.2) is 8.42 Å². The van der Waals surface area contributed by atoms with Gasteiger partial charge in [-0.15, -0.1) is 0 Å². The number of sulfone groups is 1. The molecule has 0 aromatic heterocycles. The number of anilines is 2.